The second-order valence-electron chi connectivity index (χ2n) is 4.53. The summed E-state index contributed by atoms with van der Waals surface area (Å²) in [6, 6.07) is 7.75. The van der Waals surface area contributed by atoms with E-state index in [9.17, 15) is 4.79 Å². The summed E-state index contributed by atoms with van der Waals surface area (Å²) < 4.78 is 6.03. The Balaban J connectivity index is 1.93. The molecular weight excluding hydrogens is 290 g/mol. The van der Waals surface area contributed by atoms with Gasteiger partial charge in [-0.15, -0.1) is 0 Å². The number of benzene rings is 1. The van der Waals surface area contributed by atoms with Gasteiger partial charge in [-0.25, -0.2) is 4.98 Å². The molecule has 0 aliphatic rings. The van der Waals surface area contributed by atoms with E-state index in [0.717, 1.165) is 10.2 Å². The second-order valence-corrected chi connectivity index (χ2v) is 5.56. The van der Waals surface area contributed by atoms with Gasteiger partial charge in [0.1, 0.15) is 0 Å². The highest BCUT2D eigenvalue weighted by atomic mass is 32.1. The third kappa shape index (κ3) is 4.75. The maximum atomic E-state index is 12.0. The number of nitrogens with zero attached hydrogens (tertiary/aromatic N) is 2. The highest BCUT2D eigenvalue weighted by molar-refractivity contribution is 7.22. The molecule has 7 heteroatoms. The van der Waals surface area contributed by atoms with Crippen LogP contribution >= 0.6 is 11.3 Å². The van der Waals surface area contributed by atoms with Crippen molar-refractivity contribution in [2.75, 3.05) is 45.3 Å². The molecule has 0 bridgehead atoms. The van der Waals surface area contributed by atoms with E-state index in [2.05, 4.69) is 10.3 Å². The van der Waals surface area contributed by atoms with Gasteiger partial charge in [-0.1, -0.05) is 23.5 Å². The number of rotatable bonds is 8. The average molecular weight is 309 g/mol. The predicted octanol–water partition coefficient (Wildman–Crippen LogP) is 1.18. The Labute approximate surface area is 127 Å². The van der Waals surface area contributed by atoms with Gasteiger partial charge in [0.2, 0.25) is 5.91 Å². The third-order valence-electron chi connectivity index (χ3n) is 2.94. The standard InChI is InChI=1S/C14H19N3O3S/c1-20-9-7-17(6-8-18)10-13(19)16-14-15-11-4-2-3-5-12(11)21-14/h2-5,18H,6-10H2,1H3,(H,15,16,19). The number of amides is 1. The van der Waals surface area contributed by atoms with E-state index in [1.165, 1.54) is 11.3 Å². The molecule has 0 aliphatic carbocycles. The summed E-state index contributed by atoms with van der Waals surface area (Å²) in [6.07, 6.45) is 0. The summed E-state index contributed by atoms with van der Waals surface area (Å²) in [5.74, 6) is -0.140. The van der Waals surface area contributed by atoms with Crippen LogP contribution in [-0.2, 0) is 9.53 Å². The van der Waals surface area contributed by atoms with Crippen LogP contribution in [0.5, 0.6) is 0 Å². The first kappa shape index (κ1) is 15.8. The Hall–Kier alpha value is -1.54. The molecule has 2 N–H and O–H groups in total. The molecule has 0 aliphatic heterocycles. The van der Waals surface area contributed by atoms with Gasteiger partial charge in [0.15, 0.2) is 5.13 Å². The van der Waals surface area contributed by atoms with Crippen LogP contribution in [0.2, 0.25) is 0 Å². The van der Waals surface area contributed by atoms with Gasteiger partial charge in [0, 0.05) is 20.2 Å². The van der Waals surface area contributed by atoms with Crippen LogP contribution in [0.15, 0.2) is 24.3 Å². The summed E-state index contributed by atoms with van der Waals surface area (Å²) in [5, 5.41) is 12.4. The quantitative estimate of drug-likeness (QED) is 0.766. The van der Waals surface area contributed by atoms with Crippen molar-refractivity contribution in [2.24, 2.45) is 0 Å². The van der Waals surface area contributed by atoms with Crippen LogP contribution in [0, 0.1) is 0 Å². The molecule has 0 radical (unpaired) electrons. The summed E-state index contributed by atoms with van der Waals surface area (Å²) in [7, 11) is 1.61. The van der Waals surface area contributed by atoms with Crippen molar-refractivity contribution >= 4 is 32.6 Å². The molecule has 114 valence electrons. The van der Waals surface area contributed by atoms with Crippen molar-refractivity contribution in [1.29, 1.82) is 0 Å². The zero-order valence-corrected chi connectivity index (χ0v) is 12.7. The molecule has 0 spiro atoms. The maximum Gasteiger partial charge on any atom is 0.240 e. The molecule has 21 heavy (non-hydrogen) atoms. The number of methoxy groups -OCH3 is 1. The minimum atomic E-state index is -0.140. The minimum absolute atomic E-state index is 0.0120. The highest BCUT2D eigenvalue weighted by Crippen LogP contribution is 2.25. The minimum Gasteiger partial charge on any atom is -0.395 e. The van der Waals surface area contributed by atoms with E-state index in [0.29, 0.717) is 24.8 Å². The lowest BCUT2D eigenvalue weighted by atomic mass is 10.3. The Morgan fingerprint density at radius 3 is 2.95 bits per heavy atom. The van der Waals surface area contributed by atoms with Crippen molar-refractivity contribution in [3.8, 4) is 0 Å². The molecule has 1 amide bonds. The van der Waals surface area contributed by atoms with Gasteiger partial charge in [0.25, 0.3) is 0 Å². The second kappa shape index (κ2) is 8.04. The largest absolute Gasteiger partial charge is 0.395 e. The molecule has 6 nitrogen and oxygen atoms in total. The van der Waals surface area contributed by atoms with E-state index in [1.54, 1.807) is 7.11 Å². The van der Waals surface area contributed by atoms with Gasteiger partial charge in [-0.3, -0.25) is 9.69 Å². The monoisotopic (exact) mass is 309 g/mol. The number of aliphatic hydroxyl groups is 1. The molecule has 0 saturated carbocycles. The SMILES string of the molecule is COCCN(CCO)CC(=O)Nc1nc2ccccc2s1. The Morgan fingerprint density at radius 1 is 1.43 bits per heavy atom. The van der Waals surface area contributed by atoms with Crippen LogP contribution < -0.4 is 5.32 Å². The molecule has 2 aromatic rings. The Bertz CT molecular complexity index is 555. The van der Waals surface area contributed by atoms with E-state index in [-0.39, 0.29) is 19.1 Å². The van der Waals surface area contributed by atoms with Crippen molar-refractivity contribution < 1.29 is 14.6 Å². The summed E-state index contributed by atoms with van der Waals surface area (Å²) in [6.45, 7) is 1.79. The van der Waals surface area contributed by atoms with Crippen molar-refractivity contribution in [2.45, 2.75) is 0 Å². The van der Waals surface area contributed by atoms with Gasteiger partial charge >= 0.3 is 0 Å². The number of hydrogen-bond acceptors (Lipinski definition) is 6. The molecule has 1 aromatic carbocycles. The summed E-state index contributed by atoms with van der Waals surface area (Å²) in [4.78, 5) is 18.2. The summed E-state index contributed by atoms with van der Waals surface area (Å²) in [5.41, 5.74) is 0.879. The number of aromatic nitrogens is 1. The van der Waals surface area contributed by atoms with Crippen molar-refractivity contribution in [3.05, 3.63) is 24.3 Å². The Morgan fingerprint density at radius 2 is 2.24 bits per heavy atom. The number of carbonyl (C=O) groups is 1. The first-order chi connectivity index (χ1) is 10.2. The first-order valence-corrected chi connectivity index (χ1v) is 7.52. The van der Waals surface area contributed by atoms with Gasteiger partial charge in [-0.2, -0.15) is 0 Å². The maximum absolute atomic E-state index is 12.0. The number of fused-ring (bicyclic) bond motifs is 1. The third-order valence-corrected chi connectivity index (χ3v) is 3.89. The normalized spacial score (nSPS) is 11.2. The molecule has 0 atom stereocenters. The number of thiazole rings is 1. The number of anilines is 1. The smallest absolute Gasteiger partial charge is 0.240 e. The van der Waals surface area contributed by atoms with Crippen molar-refractivity contribution in [1.82, 2.24) is 9.88 Å². The zero-order chi connectivity index (χ0) is 15.1. The summed E-state index contributed by atoms with van der Waals surface area (Å²) >= 11 is 1.45. The molecule has 0 saturated heterocycles. The van der Waals surface area contributed by atoms with Crippen LogP contribution in [0.1, 0.15) is 0 Å². The van der Waals surface area contributed by atoms with E-state index < -0.39 is 0 Å². The van der Waals surface area contributed by atoms with Gasteiger partial charge in [0.05, 0.1) is 30.0 Å². The molecule has 2 rings (SSSR count). The molecular formula is C14H19N3O3S. The fourth-order valence-corrected chi connectivity index (χ4v) is 2.80. The number of ether oxygens (including phenoxy) is 1. The van der Waals surface area contributed by atoms with Gasteiger partial charge < -0.3 is 15.2 Å². The predicted molar refractivity (Wildman–Crippen MR) is 83.7 cm³/mol. The molecule has 1 aromatic heterocycles. The lowest BCUT2D eigenvalue weighted by Crippen LogP contribution is -2.37. The molecule has 1 heterocycles. The van der Waals surface area contributed by atoms with Crippen LogP contribution in [0.4, 0.5) is 5.13 Å². The highest BCUT2D eigenvalue weighted by Gasteiger charge is 2.12. The lowest BCUT2D eigenvalue weighted by Gasteiger charge is -2.19. The van der Waals surface area contributed by atoms with Gasteiger partial charge in [-0.05, 0) is 12.1 Å². The zero-order valence-electron chi connectivity index (χ0n) is 11.9. The molecule has 0 unspecified atom stereocenters. The topological polar surface area (TPSA) is 74.7 Å². The fraction of sp³-hybridized carbons (Fsp3) is 0.429. The van der Waals surface area contributed by atoms with Crippen LogP contribution in [-0.4, -0.2) is 60.9 Å². The fourth-order valence-electron chi connectivity index (χ4n) is 1.92. The number of para-hydroxylation sites is 1. The van der Waals surface area contributed by atoms with Crippen molar-refractivity contribution in [3.63, 3.8) is 0 Å². The number of carbonyl (C=O) groups excluding carboxylic acids is 1. The van der Waals surface area contributed by atoms with Crippen LogP contribution in [0.25, 0.3) is 10.2 Å². The van der Waals surface area contributed by atoms with E-state index in [4.69, 9.17) is 9.84 Å². The number of aliphatic hydroxyl groups excluding tert-OH is 1. The Kier molecular flexibility index (Phi) is 6.06. The number of nitrogens with one attached hydrogen (secondary N) is 1. The average Bonchev–Trinajstić information content (AvgIpc) is 2.86. The number of hydrogen-bond donors (Lipinski definition) is 2. The van der Waals surface area contributed by atoms with E-state index in [1.807, 2.05) is 29.2 Å². The molecule has 0 fully saturated rings. The van der Waals surface area contributed by atoms with E-state index >= 15 is 0 Å². The lowest BCUT2D eigenvalue weighted by molar-refractivity contribution is -0.117. The van der Waals surface area contributed by atoms with Crippen LogP contribution in [0.3, 0.4) is 0 Å². The first-order valence-electron chi connectivity index (χ1n) is 6.70.